The lowest BCUT2D eigenvalue weighted by Gasteiger charge is -2.14. The number of carbonyl (C=O) groups excluding carboxylic acids is 1. The van der Waals surface area contributed by atoms with Crippen LogP contribution in [0, 0.1) is 0 Å². The third-order valence-electron chi connectivity index (χ3n) is 2.62. The van der Waals surface area contributed by atoms with E-state index in [1.807, 2.05) is 0 Å². The maximum Gasteiger partial charge on any atom is 0.573 e. The quantitative estimate of drug-likeness (QED) is 0.811. The molecule has 0 N–H and O–H groups in total. The van der Waals surface area contributed by atoms with Crippen LogP contribution in [0.25, 0.3) is 11.1 Å². The zero-order chi connectivity index (χ0) is 15.5. The summed E-state index contributed by atoms with van der Waals surface area (Å²) in [5.41, 5.74) is 0.723. The predicted molar refractivity (Wildman–Crippen MR) is 68.3 cm³/mol. The zero-order valence-electron chi connectivity index (χ0n) is 10.8. The van der Waals surface area contributed by atoms with Gasteiger partial charge in [-0.1, -0.05) is 0 Å². The van der Waals surface area contributed by atoms with Crippen LogP contribution in [0.2, 0.25) is 0 Å². The maximum absolute atomic E-state index is 12.4. The van der Waals surface area contributed by atoms with Gasteiger partial charge in [-0.25, -0.2) is 4.98 Å². The van der Waals surface area contributed by atoms with E-state index in [4.69, 9.17) is 4.74 Å². The summed E-state index contributed by atoms with van der Waals surface area (Å²) >= 11 is 0. The number of aromatic nitrogens is 1. The number of halogens is 3. The average molecular weight is 297 g/mol. The first kappa shape index (κ1) is 14.8. The van der Waals surface area contributed by atoms with Gasteiger partial charge in [0, 0.05) is 29.0 Å². The molecule has 0 spiro atoms. The molecule has 2 rings (SSSR count). The van der Waals surface area contributed by atoms with Gasteiger partial charge in [-0.15, -0.1) is 13.2 Å². The molecule has 0 amide bonds. The molecule has 0 aliphatic heterocycles. The van der Waals surface area contributed by atoms with Crippen molar-refractivity contribution in [2.45, 2.75) is 6.36 Å². The summed E-state index contributed by atoms with van der Waals surface area (Å²) in [6.45, 7) is 0. The van der Waals surface area contributed by atoms with Gasteiger partial charge in [-0.05, 0) is 24.3 Å². The van der Waals surface area contributed by atoms with E-state index in [0.717, 1.165) is 6.07 Å². The summed E-state index contributed by atoms with van der Waals surface area (Å²) in [7, 11) is 1.42. The molecule has 21 heavy (non-hydrogen) atoms. The molecule has 2 aromatic rings. The van der Waals surface area contributed by atoms with E-state index in [9.17, 15) is 18.0 Å². The monoisotopic (exact) mass is 297 g/mol. The number of rotatable bonds is 4. The number of nitrogens with zero attached hydrogens (tertiary/aromatic N) is 1. The summed E-state index contributed by atoms with van der Waals surface area (Å²) < 4.78 is 46.1. The van der Waals surface area contributed by atoms with Crippen LogP contribution in [0.1, 0.15) is 10.4 Å². The third kappa shape index (κ3) is 3.71. The van der Waals surface area contributed by atoms with Gasteiger partial charge in [0.1, 0.15) is 12.0 Å². The Morgan fingerprint density at radius 2 is 1.95 bits per heavy atom. The normalized spacial score (nSPS) is 11.0. The number of methoxy groups -OCH3 is 1. The minimum atomic E-state index is -4.82. The molecule has 0 bridgehead atoms. The summed E-state index contributed by atoms with van der Waals surface area (Å²) in [4.78, 5) is 14.7. The van der Waals surface area contributed by atoms with Crippen molar-refractivity contribution in [2.75, 3.05) is 7.11 Å². The Hall–Kier alpha value is -2.57. The van der Waals surface area contributed by atoms with Crippen molar-refractivity contribution in [1.82, 2.24) is 4.98 Å². The minimum absolute atomic E-state index is 0.118. The highest BCUT2D eigenvalue weighted by molar-refractivity contribution is 5.81. The highest BCUT2D eigenvalue weighted by Gasteiger charge is 2.32. The standard InChI is InChI=1S/C14H10F3NO3/c1-20-13-5-3-10(7-18-13)11-6-9(8-19)2-4-12(11)21-14(15,16)17/h2-8H,1H3. The molecule has 0 fully saturated rings. The summed E-state index contributed by atoms with van der Waals surface area (Å²) in [6.07, 6.45) is -2.94. The zero-order valence-corrected chi connectivity index (χ0v) is 10.8. The molecule has 7 heteroatoms. The van der Waals surface area contributed by atoms with Crippen molar-refractivity contribution < 1.29 is 27.4 Å². The molecule has 0 saturated carbocycles. The van der Waals surface area contributed by atoms with Crippen molar-refractivity contribution >= 4 is 6.29 Å². The first-order chi connectivity index (χ1) is 9.93. The topological polar surface area (TPSA) is 48.4 Å². The lowest BCUT2D eigenvalue weighted by molar-refractivity contribution is -0.274. The molecule has 0 unspecified atom stereocenters. The first-order valence-corrected chi connectivity index (χ1v) is 5.78. The fraction of sp³-hybridized carbons (Fsp3) is 0.143. The highest BCUT2D eigenvalue weighted by atomic mass is 19.4. The number of aldehydes is 1. The lowest BCUT2D eigenvalue weighted by atomic mass is 10.0. The Balaban J connectivity index is 2.49. The number of pyridine rings is 1. The summed E-state index contributed by atoms with van der Waals surface area (Å²) in [6, 6.07) is 6.67. The first-order valence-electron chi connectivity index (χ1n) is 5.78. The maximum atomic E-state index is 12.4. The Bertz CT molecular complexity index is 639. The van der Waals surface area contributed by atoms with Crippen LogP contribution in [0.5, 0.6) is 11.6 Å². The second-order valence-electron chi connectivity index (χ2n) is 4.01. The molecule has 0 aliphatic carbocycles. The van der Waals surface area contributed by atoms with E-state index in [1.165, 1.54) is 37.6 Å². The fourth-order valence-electron chi connectivity index (χ4n) is 1.72. The smallest absolute Gasteiger partial charge is 0.481 e. The van der Waals surface area contributed by atoms with Gasteiger partial charge in [-0.3, -0.25) is 4.79 Å². The van der Waals surface area contributed by atoms with E-state index in [1.54, 1.807) is 0 Å². The van der Waals surface area contributed by atoms with Gasteiger partial charge in [0.15, 0.2) is 0 Å². The second kappa shape index (κ2) is 5.82. The molecular formula is C14H10F3NO3. The molecular weight excluding hydrogens is 287 g/mol. The molecule has 110 valence electrons. The molecule has 0 radical (unpaired) electrons. The van der Waals surface area contributed by atoms with Crippen LogP contribution in [-0.4, -0.2) is 24.7 Å². The number of hydrogen-bond acceptors (Lipinski definition) is 4. The van der Waals surface area contributed by atoms with E-state index in [2.05, 4.69) is 9.72 Å². The van der Waals surface area contributed by atoms with E-state index < -0.39 is 12.1 Å². The lowest BCUT2D eigenvalue weighted by Crippen LogP contribution is -2.17. The number of alkyl halides is 3. The van der Waals surface area contributed by atoms with Crippen molar-refractivity contribution in [2.24, 2.45) is 0 Å². The third-order valence-corrected chi connectivity index (χ3v) is 2.62. The predicted octanol–water partition coefficient (Wildman–Crippen LogP) is 3.47. The van der Waals surface area contributed by atoms with Crippen LogP contribution in [-0.2, 0) is 0 Å². The largest absolute Gasteiger partial charge is 0.573 e. The van der Waals surface area contributed by atoms with E-state index in [0.29, 0.717) is 17.7 Å². The molecule has 0 atom stereocenters. The van der Waals surface area contributed by atoms with E-state index >= 15 is 0 Å². The van der Waals surface area contributed by atoms with Crippen molar-refractivity contribution in [1.29, 1.82) is 0 Å². The number of benzene rings is 1. The van der Waals surface area contributed by atoms with Gasteiger partial charge in [-0.2, -0.15) is 0 Å². The van der Waals surface area contributed by atoms with Gasteiger partial charge in [0.25, 0.3) is 0 Å². The van der Waals surface area contributed by atoms with E-state index in [-0.39, 0.29) is 11.1 Å². The van der Waals surface area contributed by atoms with Crippen LogP contribution >= 0.6 is 0 Å². The molecule has 4 nitrogen and oxygen atoms in total. The molecule has 1 heterocycles. The van der Waals surface area contributed by atoms with Gasteiger partial charge < -0.3 is 9.47 Å². The molecule has 1 aromatic heterocycles. The van der Waals surface area contributed by atoms with Crippen molar-refractivity contribution in [3.63, 3.8) is 0 Å². The average Bonchev–Trinajstić information content (AvgIpc) is 2.46. The van der Waals surface area contributed by atoms with Crippen molar-refractivity contribution in [3.8, 4) is 22.8 Å². The molecule has 0 saturated heterocycles. The van der Waals surface area contributed by atoms with Crippen LogP contribution < -0.4 is 9.47 Å². The van der Waals surface area contributed by atoms with Crippen LogP contribution in [0.15, 0.2) is 36.5 Å². The van der Waals surface area contributed by atoms with Gasteiger partial charge in [0.2, 0.25) is 5.88 Å². The SMILES string of the molecule is COc1ccc(-c2cc(C=O)ccc2OC(F)(F)F)cn1. The minimum Gasteiger partial charge on any atom is -0.481 e. The van der Waals surface area contributed by atoms with Crippen molar-refractivity contribution in [3.05, 3.63) is 42.1 Å². The molecule has 0 aliphatic rings. The van der Waals surface area contributed by atoms with Crippen LogP contribution in [0.3, 0.4) is 0 Å². The van der Waals surface area contributed by atoms with Gasteiger partial charge >= 0.3 is 6.36 Å². The number of carbonyl (C=O) groups is 1. The Labute approximate surface area is 118 Å². The number of hydrogen-bond donors (Lipinski definition) is 0. The highest BCUT2D eigenvalue weighted by Crippen LogP contribution is 2.34. The second-order valence-corrected chi connectivity index (χ2v) is 4.01. The Kier molecular flexibility index (Phi) is 4.11. The summed E-state index contributed by atoms with van der Waals surface area (Å²) in [5.74, 6) is -0.0800. The Morgan fingerprint density at radius 3 is 2.48 bits per heavy atom. The number of ether oxygens (including phenoxy) is 2. The summed E-state index contributed by atoms with van der Waals surface area (Å²) in [5, 5.41) is 0. The Morgan fingerprint density at radius 1 is 1.19 bits per heavy atom. The molecule has 1 aromatic carbocycles. The van der Waals surface area contributed by atoms with Crippen LogP contribution in [0.4, 0.5) is 13.2 Å². The fourth-order valence-corrected chi connectivity index (χ4v) is 1.72. The van der Waals surface area contributed by atoms with Gasteiger partial charge in [0.05, 0.1) is 7.11 Å².